The van der Waals surface area contributed by atoms with Gasteiger partial charge in [-0.15, -0.1) is 0 Å². The molecular weight excluding hydrogens is 314 g/mol. The van der Waals surface area contributed by atoms with Gasteiger partial charge in [0.05, 0.1) is 5.92 Å². The zero-order valence-corrected chi connectivity index (χ0v) is 14.5. The highest BCUT2D eigenvalue weighted by Crippen LogP contribution is 2.36. The molecule has 5 heteroatoms. The van der Waals surface area contributed by atoms with Crippen molar-refractivity contribution in [3.8, 4) is 0 Å². The number of hydrogen-bond acceptors (Lipinski definition) is 4. The van der Waals surface area contributed by atoms with Crippen LogP contribution in [0, 0.1) is 12.8 Å². The van der Waals surface area contributed by atoms with Crippen LogP contribution in [0.4, 0.5) is 0 Å². The van der Waals surface area contributed by atoms with E-state index in [0.29, 0.717) is 12.6 Å². The van der Waals surface area contributed by atoms with E-state index >= 15 is 0 Å². The fraction of sp³-hybridized carbons (Fsp3) is 0.588. The third-order valence-corrected chi connectivity index (χ3v) is 7.25. The average Bonchev–Trinajstić information content (AvgIpc) is 2.76. The minimum absolute atomic E-state index is 0.122. The lowest BCUT2D eigenvalue weighted by atomic mass is 9.86. The standard InChI is InChI=1S/C17H23NO2S2/c1-12-4-2-3-5-14(12)15-8-18(9-16(15)17(19)20)13-10-21-6-7-22-11-13/h2-5,13,15-16H,6-11H2,1H3,(H,19,20)/t15-,16+/m0/s1. The van der Waals surface area contributed by atoms with Crippen LogP contribution in [-0.4, -0.2) is 58.1 Å². The molecule has 3 nitrogen and oxygen atoms in total. The van der Waals surface area contributed by atoms with E-state index in [4.69, 9.17) is 0 Å². The molecule has 2 fully saturated rings. The zero-order valence-electron chi connectivity index (χ0n) is 12.9. The van der Waals surface area contributed by atoms with Gasteiger partial charge >= 0.3 is 5.97 Å². The molecule has 0 bridgehead atoms. The van der Waals surface area contributed by atoms with Crippen molar-refractivity contribution in [2.45, 2.75) is 18.9 Å². The van der Waals surface area contributed by atoms with Crippen LogP contribution < -0.4 is 0 Å². The number of aryl methyl sites for hydroxylation is 1. The smallest absolute Gasteiger partial charge is 0.308 e. The van der Waals surface area contributed by atoms with Gasteiger partial charge in [0.2, 0.25) is 0 Å². The number of carboxylic acids is 1. The largest absolute Gasteiger partial charge is 0.481 e. The van der Waals surface area contributed by atoms with Crippen molar-refractivity contribution in [1.82, 2.24) is 4.90 Å². The first kappa shape index (κ1) is 16.2. The van der Waals surface area contributed by atoms with Crippen molar-refractivity contribution in [1.29, 1.82) is 0 Å². The first-order valence-corrected chi connectivity index (χ1v) is 10.2. The molecule has 2 atom stereocenters. The summed E-state index contributed by atoms with van der Waals surface area (Å²) in [4.78, 5) is 14.2. The number of carbonyl (C=O) groups is 1. The number of likely N-dealkylation sites (tertiary alicyclic amines) is 1. The minimum Gasteiger partial charge on any atom is -0.481 e. The van der Waals surface area contributed by atoms with Crippen LogP contribution in [0.15, 0.2) is 24.3 Å². The normalized spacial score (nSPS) is 27.7. The van der Waals surface area contributed by atoms with Gasteiger partial charge in [0.15, 0.2) is 0 Å². The Morgan fingerprint density at radius 2 is 1.86 bits per heavy atom. The fourth-order valence-electron chi connectivity index (χ4n) is 3.52. The summed E-state index contributed by atoms with van der Waals surface area (Å²) in [5.41, 5.74) is 2.43. The third kappa shape index (κ3) is 3.47. The molecule has 1 aromatic carbocycles. The van der Waals surface area contributed by atoms with E-state index in [1.165, 1.54) is 22.6 Å². The van der Waals surface area contributed by atoms with Gasteiger partial charge in [-0.25, -0.2) is 0 Å². The first-order chi connectivity index (χ1) is 10.7. The maximum Gasteiger partial charge on any atom is 0.308 e. The third-order valence-electron chi connectivity index (χ3n) is 4.76. The average molecular weight is 338 g/mol. The quantitative estimate of drug-likeness (QED) is 0.918. The summed E-state index contributed by atoms with van der Waals surface area (Å²) < 4.78 is 0. The molecule has 0 saturated carbocycles. The van der Waals surface area contributed by atoms with Crippen LogP contribution >= 0.6 is 23.5 Å². The van der Waals surface area contributed by atoms with Crippen molar-refractivity contribution in [3.05, 3.63) is 35.4 Å². The lowest BCUT2D eigenvalue weighted by Gasteiger charge is -2.26. The van der Waals surface area contributed by atoms with Crippen molar-refractivity contribution >= 4 is 29.5 Å². The summed E-state index contributed by atoms with van der Waals surface area (Å²) in [6, 6.07) is 8.78. The molecule has 1 N–H and O–H groups in total. The van der Waals surface area contributed by atoms with Gasteiger partial charge in [-0.3, -0.25) is 9.69 Å². The second kappa shape index (κ2) is 7.28. The predicted octanol–water partition coefficient (Wildman–Crippen LogP) is 2.94. The van der Waals surface area contributed by atoms with Crippen LogP contribution in [0.5, 0.6) is 0 Å². The summed E-state index contributed by atoms with van der Waals surface area (Å²) in [5.74, 6) is 3.91. The van der Waals surface area contributed by atoms with E-state index in [-0.39, 0.29) is 11.8 Å². The molecule has 0 radical (unpaired) electrons. The number of aliphatic carboxylic acids is 1. The molecule has 0 spiro atoms. The van der Waals surface area contributed by atoms with E-state index in [9.17, 15) is 9.90 Å². The minimum atomic E-state index is -0.648. The monoisotopic (exact) mass is 337 g/mol. The summed E-state index contributed by atoms with van der Waals surface area (Å²) in [6.07, 6.45) is 0. The molecule has 0 aliphatic carbocycles. The molecule has 2 aliphatic rings. The Balaban J connectivity index is 1.80. The number of nitrogens with zero attached hydrogens (tertiary/aromatic N) is 1. The van der Waals surface area contributed by atoms with E-state index in [1.54, 1.807) is 0 Å². The van der Waals surface area contributed by atoms with E-state index in [2.05, 4.69) is 24.0 Å². The molecule has 0 amide bonds. The maximum atomic E-state index is 11.8. The van der Waals surface area contributed by atoms with Gasteiger partial charge in [0.25, 0.3) is 0 Å². The molecule has 2 heterocycles. The number of hydrogen-bond donors (Lipinski definition) is 1. The highest BCUT2D eigenvalue weighted by molar-refractivity contribution is 8.03. The summed E-state index contributed by atoms with van der Waals surface area (Å²) >= 11 is 4.02. The Morgan fingerprint density at radius 1 is 1.18 bits per heavy atom. The van der Waals surface area contributed by atoms with Crippen molar-refractivity contribution < 1.29 is 9.90 Å². The molecule has 1 aromatic rings. The molecule has 3 rings (SSSR count). The Morgan fingerprint density at radius 3 is 2.50 bits per heavy atom. The molecular formula is C17H23NO2S2. The molecule has 0 unspecified atom stereocenters. The number of benzene rings is 1. The Bertz CT molecular complexity index is 529. The van der Waals surface area contributed by atoms with E-state index in [1.807, 2.05) is 35.7 Å². The predicted molar refractivity (Wildman–Crippen MR) is 95.1 cm³/mol. The second-order valence-electron chi connectivity index (χ2n) is 6.17. The number of thioether (sulfide) groups is 2. The van der Waals surface area contributed by atoms with E-state index < -0.39 is 5.97 Å². The number of carboxylic acid groups (broad SMARTS) is 1. The van der Waals surface area contributed by atoms with Crippen LogP contribution in [0.1, 0.15) is 17.0 Å². The molecule has 120 valence electrons. The fourth-order valence-corrected chi connectivity index (χ4v) is 6.14. The van der Waals surface area contributed by atoms with Crippen molar-refractivity contribution in [2.75, 3.05) is 36.1 Å². The summed E-state index contributed by atoms with van der Waals surface area (Å²) in [6.45, 7) is 3.67. The van der Waals surface area contributed by atoms with Gasteiger partial charge in [0.1, 0.15) is 0 Å². The van der Waals surface area contributed by atoms with Crippen LogP contribution in [-0.2, 0) is 4.79 Å². The summed E-state index contributed by atoms with van der Waals surface area (Å²) in [7, 11) is 0. The van der Waals surface area contributed by atoms with Gasteiger partial charge in [0, 0.05) is 48.1 Å². The second-order valence-corrected chi connectivity index (χ2v) is 8.47. The van der Waals surface area contributed by atoms with Crippen LogP contribution in [0.3, 0.4) is 0 Å². The molecule has 22 heavy (non-hydrogen) atoms. The van der Waals surface area contributed by atoms with Crippen molar-refractivity contribution in [3.63, 3.8) is 0 Å². The Hall–Kier alpha value is -0.650. The van der Waals surface area contributed by atoms with Crippen molar-refractivity contribution in [2.24, 2.45) is 5.92 Å². The topological polar surface area (TPSA) is 40.5 Å². The Kier molecular flexibility index (Phi) is 5.37. The lowest BCUT2D eigenvalue weighted by molar-refractivity contribution is -0.141. The molecule has 2 saturated heterocycles. The lowest BCUT2D eigenvalue weighted by Crippen LogP contribution is -2.37. The Labute approximate surface area is 140 Å². The molecule has 0 aromatic heterocycles. The maximum absolute atomic E-state index is 11.8. The van der Waals surface area contributed by atoms with Gasteiger partial charge in [-0.2, -0.15) is 23.5 Å². The summed E-state index contributed by atoms with van der Waals surface area (Å²) in [5, 5.41) is 9.67. The van der Waals surface area contributed by atoms with Gasteiger partial charge in [-0.1, -0.05) is 24.3 Å². The van der Waals surface area contributed by atoms with Gasteiger partial charge < -0.3 is 5.11 Å². The first-order valence-electron chi connectivity index (χ1n) is 7.84. The van der Waals surface area contributed by atoms with Gasteiger partial charge in [-0.05, 0) is 18.1 Å². The van der Waals surface area contributed by atoms with Crippen LogP contribution in [0.25, 0.3) is 0 Å². The highest BCUT2D eigenvalue weighted by atomic mass is 32.2. The highest BCUT2D eigenvalue weighted by Gasteiger charge is 2.41. The molecule has 2 aliphatic heterocycles. The van der Waals surface area contributed by atoms with Crippen LogP contribution in [0.2, 0.25) is 0 Å². The zero-order chi connectivity index (χ0) is 15.5. The SMILES string of the molecule is Cc1ccccc1[C@@H]1CN(C2CSCCSC2)C[C@H]1C(=O)O. The van der Waals surface area contributed by atoms with E-state index in [0.717, 1.165) is 18.1 Å². The number of rotatable bonds is 3.